The maximum atomic E-state index is 13.4. The predicted octanol–water partition coefficient (Wildman–Crippen LogP) is 6.18. The van der Waals surface area contributed by atoms with Crippen LogP contribution in [0.1, 0.15) is 36.7 Å². The number of thiophene rings is 1. The molecule has 0 spiro atoms. The molecule has 0 unspecified atom stereocenters. The number of carbonyl (C=O) groups excluding carboxylic acids is 2. The van der Waals surface area contributed by atoms with E-state index >= 15 is 0 Å². The van der Waals surface area contributed by atoms with Gasteiger partial charge in [0.05, 0.1) is 24.0 Å². The van der Waals surface area contributed by atoms with Crippen LogP contribution in [0, 0.1) is 13.8 Å². The molecule has 0 aliphatic heterocycles. The Labute approximate surface area is 202 Å². The number of ether oxygens (including phenoxy) is 1. The summed E-state index contributed by atoms with van der Waals surface area (Å²) in [6.45, 7) is 3.87. The number of carbonyl (C=O) groups is 2. The van der Waals surface area contributed by atoms with Crippen LogP contribution in [0.15, 0.2) is 72.8 Å². The molecule has 6 nitrogen and oxygen atoms in total. The summed E-state index contributed by atoms with van der Waals surface area (Å²) in [5.74, 6) is -0.0323. The molecule has 0 bridgehead atoms. The second kappa shape index (κ2) is 9.80. The number of rotatable bonds is 7. The molecule has 1 amide bonds. The van der Waals surface area contributed by atoms with E-state index in [0.717, 1.165) is 22.5 Å². The van der Waals surface area contributed by atoms with E-state index in [9.17, 15) is 9.59 Å². The van der Waals surface area contributed by atoms with Crippen LogP contribution in [0.3, 0.4) is 0 Å². The van der Waals surface area contributed by atoms with Crippen LogP contribution >= 0.6 is 11.3 Å². The fourth-order valence-corrected chi connectivity index (χ4v) is 4.62. The third-order valence-electron chi connectivity index (χ3n) is 5.44. The Balaban J connectivity index is 1.78. The summed E-state index contributed by atoms with van der Waals surface area (Å²) >= 11 is 1.15. The Morgan fingerprint density at radius 2 is 1.53 bits per heavy atom. The Morgan fingerprint density at radius 3 is 2.21 bits per heavy atom. The zero-order chi connectivity index (χ0) is 24.2. The summed E-state index contributed by atoms with van der Waals surface area (Å²) in [5, 5.41) is 6.64. The van der Waals surface area contributed by atoms with E-state index in [-0.39, 0.29) is 17.0 Å². The van der Waals surface area contributed by atoms with Crippen molar-refractivity contribution in [2.75, 3.05) is 23.5 Å². The quantitative estimate of drug-likeness (QED) is 0.280. The van der Waals surface area contributed by atoms with Gasteiger partial charge in [0.1, 0.15) is 15.6 Å². The molecule has 4 N–H and O–H groups in total. The molecule has 4 rings (SSSR count). The van der Waals surface area contributed by atoms with Gasteiger partial charge in [-0.2, -0.15) is 0 Å². The van der Waals surface area contributed by atoms with Gasteiger partial charge in [0, 0.05) is 11.3 Å². The lowest BCUT2D eigenvalue weighted by molar-refractivity contribution is 0.102. The molecule has 3 aromatic carbocycles. The highest BCUT2D eigenvalue weighted by Crippen LogP contribution is 2.41. The van der Waals surface area contributed by atoms with Crippen LogP contribution in [0.2, 0.25) is 0 Å². The van der Waals surface area contributed by atoms with Crippen molar-refractivity contribution in [3.05, 3.63) is 99.9 Å². The van der Waals surface area contributed by atoms with Gasteiger partial charge in [-0.15, -0.1) is 11.3 Å². The van der Waals surface area contributed by atoms with Gasteiger partial charge in [-0.1, -0.05) is 60.2 Å². The summed E-state index contributed by atoms with van der Waals surface area (Å²) < 4.78 is 5.44. The number of benzene rings is 3. The third kappa shape index (κ3) is 4.65. The van der Waals surface area contributed by atoms with Crippen LogP contribution in [-0.4, -0.2) is 18.8 Å². The number of para-hydroxylation sites is 3. The van der Waals surface area contributed by atoms with Gasteiger partial charge in [-0.3, -0.25) is 9.59 Å². The molecule has 7 heteroatoms. The van der Waals surface area contributed by atoms with Gasteiger partial charge in [0.2, 0.25) is 5.78 Å². The highest BCUT2D eigenvalue weighted by atomic mass is 32.1. The van der Waals surface area contributed by atoms with E-state index < -0.39 is 5.91 Å². The minimum Gasteiger partial charge on any atom is -0.495 e. The smallest absolute Gasteiger partial charge is 0.260 e. The molecule has 0 atom stereocenters. The maximum absolute atomic E-state index is 13.4. The van der Waals surface area contributed by atoms with Crippen LogP contribution in [0.5, 0.6) is 5.75 Å². The molecular weight excluding hydrogens is 446 g/mol. The predicted molar refractivity (Wildman–Crippen MR) is 139 cm³/mol. The average Bonchev–Trinajstić information content (AvgIpc) is 3.16. The summed E-state index contributed by atoms with van der Waals surface area (Å²) in [5.41, 5.74) is 10.6. The number of hydrogen-bond acceptors (Lipinski definition) is 6. The van der Waals surface area contributed by atoms with E-state index in [1.165, 1.54) is 0 Å². The van der Waals surface area contributed by atoms with Gasteiger partial charge in [0.15, 0.2) is 0 Å². The van der Waals surface area contributed by atoms with Gasteiger partial charge < -0.3 is 21.1 Å². The molecule has 0 saturated carbocycles. The molecule has 0 radical (unpaired) electrons. The first-order valence-corrected chi connectivity index (χ1v) is 11.5. The zero-order valence-corrected chi connectivity index (χ0v) is 20.0. The molecule has 1 heterocycles. The molecule has 0 aliphatic carbocycles. The second-order valence-electron chi connectivity index (χ2n) is 7.84. The lowest BCUT2D eigenvalue weighted by Crippen LogP contribution is -2.15. The molecule has 1 aromatic heterocycles. The second-order valence-corrected chi connectivity index (χ2v) is 8.86. The van der Waals surface area contributed by atoms with Crippen molar-refractivity contribution >= 4 is 45.1 Å². The molecule has 4 aromatic rings. The normalized spacial score (nSPS) is 10.6. The topological polar surface area (TPSA) is 93.4 Å². The number of nitrogen functional groups attached to an aromatic ring is 1. The number of amides is 1. The first kappa shape index (κ1) is 23.1. The number of ketones is 1. The van der Waals surface area contributed by atoms with Gasteiger partial charge in [0.25, 0.3) is 5.91 Å². The first-order valence-electron chi connectivity index (χ1n) is 10.7. The summed E-state index contributed by atoms with van der Waals surface area (Å²) in [7, 11) is 1.57. The molecule has 0 aliphatic rings. The SMILES string of the molecule is COc1ccccc1Nc1sc(C(=O)c2ccc(C)cc2)c(N)c1C(=O)Nc1ccccc1C. The maximum Gasteiger partial charge on any atom is 0.260 e. The zero-order valence-electron chi connectivity index (χ0n) is 19.1. The molecule has 172 valence electrons. The monoisotopic (exact) mass is 471 g/mol. The van der Waals surface area contributed by atoms with E-state index in [4.69, 9.17) is 10.5 Å². The van der Waals surface area contributed by atoms with Crippen molar-refractivity contribution in [2.45, 2.75) is 13.8 Å². The van der Waals surface area contributed by atoms with Crippen molar-refractivity contribution in [3.63, 3.8) is 0 Å². The Kier molecular flexibility index (Phi) is 6.65. The van der Waals surface area contributed by atoms with Crippen molar-refractivity contribution in [1.29, 1.82) is 0 Å². The van der Waals surface area contributed by atoms with Gasteiger partial charge in [-0.25, -0.2) is 0 Å². The number of methoxy groups -OCH3 is 1. The lowest BCUT2D eigenvalue weighted by atomic mass is 10.1. The van der Waals surface area contributed by atoms with Crippen molar-refractivity contribution < 1.29 is 14.3 Å². The number of anilines is 4. The average molecular weight is 472 g/mol. The van der Waals surface area contributed by atoms with Gasteiger partial charge in [-0.05, 0) is 37.6 Å². The highest BCUT2D eigenvalue weighted by Gasteiger charge is 2.27. The fraction of sp³-hybridized carbons (Fsp3) is 0.111. The lowest BCUT2D eigenvalue weighted by Gasteiger charge is -2.12. The molecular formula is C27H25N3O3S. The standard InChI is InChI=1S/C27H25N3O3S/c1-16-12-14-18(15-13-16)24(31)25-23(28)22(26(32)29-19-9-5-4-8-17(19)2)27(34-25)30-20-10-6-7-11-21(20)33-3/h4-15,30H,28H2,1-3H3,(H,29,32). The minimum atomic E-state index is -0.400. The van der Waals surface area contributed by atoms with Crippen LogP contribution in [-0.2, 0) is 0 Å². The Hall–Kier alpha value is -4.10. The highest BCUT2D eigenvalue weighted by molar-refractivity contribution is 7.19. The van der Waals surface area contributed by atoms with Crippen molar-refractivity contribution in [1.82, 2.24) is 0 Å². The number of nitrogens with one attached hydrogen (secondary N) is 2. The fourth-order valence-electron chi connectivity index (χ4n) is 3.53. The number of nitrogens with two attached hydrogens (primary N) is 1. The molecule has 34 heavy (non-hydrogen) atoms. The van der Waals surface area contributed by atoms with E-state index in [1.54, 1.807) is 19.2 Å². The largest absolute Gasteiger partial charge is 0.495 e. The van der Waals surface area contributed by atoms with Crippen molar-refractivity contribution in [2.24, 2.45) is 0 Å². The van der Waals surface area contributed by atoms with E-state index in [1.807, 2.05) is 74.5 Å². The summed E-state index contributed by atoms with van der Waals surface area (Å²) in [4.78, 5) is 27.0. The molecule has 0 saturated heterocycles. The third-order valence-corrected chi connectivity index (χ3v) is 6.56. The minimum absolute atomic E-state index is 0.138. The van der Waals surface area contributed by atoms with Gasteiger partial charge >= 0.3 is 0 Å². The molecule has 0 fully saturated rings. The van der Waals surface area contributed by atoms with Crippen LogP contribution < -0.4 is 21.1 Å². The van der Waals surface area contributed by atoms with Crippen LogP contribution in [0.25, 0.3) is 0 Å². The van der Waals surface area contributed by atoms with E-state index in [2.05, 4.69) is 10.6 Å². The Bertz CT molecular complexity index is 1360. The van der Waals surface area contributed by atoms with Crippen molar-refractivity contribution in [3.8, 4) is 5.75 Å². The van der Waals surface area contributed by atoms with E-state index in [0.29, 0.717) is 32.6 Å². The number of hydrogen-bond donors (Lipinski definition) is 3. The van der Waals surface area contributed by atoms with Crippen LogP contribution in [0.4, 0.5) is 22.1 Å². The first-order chi connectivity index (χ1) is 16.4. The summed E-state index contributed by atoms with van der Waals surface area (Å²) in [6, 6.07) is 22.1. The Morgan fingerprint density at radius 1 is 0.882 bits per heavy atom. The summed E-state index contributed by atoms with van der Waals surface area (Å²) in [6.07, 6.45) is 0. The number of aryl methyl sites for hydroxylation is 2.